The molecule has 0 saturated heterocycles. The van der Waals surface area contributed by atoms with Crippen molar-refractivity contribution in [2.45, 2.75) is 63.8 Å². The maximum absolute atomic E-state index is 12.7. The number of esters is 1. The smallest absolute Gasteiger partial charge is 0.401 e. The molecule has 1 aliphatic carbocycles. The highest BCUT2D eigenvalue weighted by atomic mass is 19.4. The number of carbonyl (C=O) groups is 1. The lowest BCUT2D eigenvalue weighted by atomic mass is 9.97. The van der Waals surface area contributed by atoms with Gasteiger partial charge in [-0.15, -0.1) is 0 Å². The minimum absolute atomic E-state index is 0.230. The largest absolute Gasteiger partial charge is 0.465 e. The van der Waals surface area contributed by atoms with Gasteiger partial charge in [-0.05, 0) is 47.1 Å². The SMILES string of the molecule is CCOC(=O)C1(NC)CCC(N(CC(F)(F)F)C(C)C)C1. The van der Waals surface area contributed by atoms with Gasteiger partial charge in [-0.25, -0.2) is 0 Å². The number of likely N-dealkylation sites (N-methyl/N-ethyl adjacent to an activating group) is 1. The Kier molecular flexibility index (Phi) is 6.04. The van der Waals surface area contributed by atoms with E-state index in [-0.39, 0.29) is 24.7 Å². The third kappa shape index (κ3) is 4.57. The predicted molar refractivity (Wildman–Crippen MR) is 74.0 cm³/mol. The monoisotopic (exact) mass is 310 g/mol. The highest BCUT2D eigenvalue weighted by molar-refractivity contribution is 5.81. The summed E-state index contributed by atoms with van der Waals surface area (Å²) in [5.41, 5.74) is -0.862. The number of carbonyl (C=O) groups excluding carboxylic acids is 1. The molecule has 21 heavy (non-hydrogen) atoms. The van der Waals surface area contributed by atoms with Crippen molar-refractivity contribution in [1.29, 1.82) is 0 Å². The van der Waals surface area contributed by atoms with Gasteiger partial charge in [0, 0.05) is 12.1 Å². The molecule has 2 unspecified atom stereocenters. The Morgan fingerprint density at radius 3 is 2.52 bits per heavy atom. The number of nitrogens with zero attached hydrogens (tertiary/aromatic N) is 1. The van der Waals surface area contributed by atoms with Gasteiger partial charge < -0.3 is 10.1 Å². The summed E-state index contributed by atoms with van der Waals surface area (Å²) in [6.07, 6.45) is -2.85. The maximum atomic E-state index is 12.7. The molecule has 0 bridgehead atoms. The zero-order chi connectivity index (χ0) is 16.3. The molecule has 1 fully saturated rings. The fourth-order valence-electron chi connectivity index (χ4n) is 3.03. The lowest BCUT2D eigenvalue weighted by molar-refractivity contribution is -0.156. The van der Waals surface area contributed by atoms with Crippen LogP contribution in [0.5, 0.6) is 0 Å². The number of hydrogen-bond donors (Lipinski definition) is 1. The summed E-state index contributed by atoms with van der Waals surface area (Å²) in [5.74, 6) is -0.370. The van der Waals surface area contributed by atoms with Gasteiger partial charge in [0.1, 0.15) is 5.54 Å². The average Bonchev–Trinajstić information content (AvgIpc) is 2.80. The van der Waals surface area contributed by atoms with Gasteiger partial charge in [0.05, 0.1) is 13.2 Å². The first kappa shape index (κ1) is 18.2. The second-order valence-electron chi connectivity index (χ2n) is 5.83. The second kappa shape index (κ2) is 6.96. The van der Waals surface area contributed by atoms with Crippen molar-refractivity contribution in [2.75, 3.05) is 20.2 Å². The number of halogens is 3. The van der Waals surface area contributed by atoms with Crippen LogP contribution in [0.2, 0.25) is 0 Å². The van der Waals surface area contributed by atoms with Crippen molar-refractivity contribution in [3.05, 3.63) is 0 Å². The Hall–Kier alpha value is -0.820. The number of rotatable bonds is 6. The van der Waals surface area contributed by atoms with Crippen molar-refractivity contribution >= 4 is 5.97 Å². The van der Waals surface area contributed by atoms with Crippen LogP contribution in [-0.2, 0) is 9.53 Å². The molecule has 1 saturated carbocycles. The first-order valence-electron chi connectivity index (χ1n) is 7.34. The van der Waals surface area contributed by atoms with E-state index < -0.39 is 18.3 Å². The van der Waals surface area contributed by atoms with Crippen LogP contribution in [0.25, 0.3) is 0 Å². The standard InChI is InChI=1S/C14H25F3N2O2/c1-5-21-12(20)13(18-4)7-6-11(8-13)19(10(2)3)9-14(15,16)17/h10-11,18H,5-9H2,1-4H3. The third-order valence-corrected chi connectivity index (χ3v) is 4.13. The molecule has 0 aliphatic heterocycles. The molecular weight excluding hydrogens is 285 g/mol. The highest BCUT2D eigenvalue weighted by Crippen LogP contribution is 2.36. The van der Waals surface area contributed by atoms with Crippen LogP contribution >= 0.6 is 0 Å². The van der Waals surface area contributed by atoms with E-state index in [1.807, 2.05) is 0 Å². The fourth-order valence-corrected chi connectivity index (χ4v) is 3.03. The van der Waals surface area contributed by atoms with Gasteiger partial charge in [0.2, 0.25) is 0 Å². The number of ether oxygens (including phenoxy) is 1. The summed E-state index contributed by atoms with van der Waals surface area (Å²) in [6, 6.07) is -0.505. The van der Waals surface area contributed by atoms with E-state index >= 15 is 0 Å². The van der Waals surface area contributed by atoms with Crippen LogP contribution in [0.15, 0.2) is 0 Å². The molecule has 0 aromatic rings. The molecule has 1 rings (SSSR count). The Bertz CT molecular complexity index is 361. The van der Waals surface area contributed by atoms with Crippen LogP contribution in [0.1, 0.15) is 40.0 Å². The van der Waals surface area contributed by atoms with E-state index in [1.165, 1.54) is 4.90 Å². The van der Waals surface area contributed by atoms with E-state index in [2.05, 4.69) is 5.32 Å². The summed E-state index contributed by atoms with van der Waals surface area (Å²) < 4.78 is 43.2. The van der Waals surface area contributed by atoms with Gasteiger partial charge in [-0.3, -0.25) is 9.69 Å². The van der Waals surface area contributed by atoms with E-state index in [0.29, 0.717) is 19.3 Å². The Balaban J connectivity index is 2.83. The summed E-state index contributed by atoms with van der Waals surface area (Å²) in [4.78, 5) is 13.5. The molecule has 2 atom stereocenters. The second-order valence-corrected chi connectivity index (χ2v) is 5.83. The van der Waals surface area contributed by atoms with Gasteiger partial charge in [0.15, 0.2) is 0 Å². The Morgan fingerprint density at radius 2 is 2.10 bits per heavy atom. The molecule has 7 heteroatoms. The normalized spacial score (nSPS) is 26.6. The van der Waals surface area contributed by atoms with Crippen LogP contribution in [0, 0.1) is 0 Å². The van der Waals surface area contributed by atoms with Gasteiger partial charge in [-0.1, -0.05) is 0 Å². The predicted octanol–water partition coefficient (Wildman–Crippen LogP) is 2.33. The van der Waals surface area contributed by atoms with E-state index in [4.69, 9.17) is 4.74 Å². The van der Waals surface area contributed by atoms with Crippen LogP contribution < -0.4 is 5.32 Å². The van der Waals surface area contributed by atoms with Gasteiger partial charge in [0.25, 0.3) is 0 Å². The summed E-state index contributed by atoms with van der Waals surface area (Å²) in [5, 5.41) is 2.97. The molecule has 0 spiro atoms. The Morgan fingerprint density at radius 1 is 1.48 bits per heavy atom. The maximum Gasteiger partial charge on any atom is 0.401 e. The number of alkyl halides is 3. The number of hydrogen-bond acceptors (Lipinski definition) is 4. The molecule has 1 aliphatic rings. The zero-order valence-corrected chi connectivity index (χ0v) is 13.1. The molecule has 0 heterocycles. The van der Waals surface area contributed by atoms with E-state index in [1.54, 1.807) is 27.8 Å². The van der Waals surface area contributed by atoms with E-state index in [9.17, 15) is 18.0 Å². The molecule has 0 amide bonds. The zero-order valence-electron chi connectivity index (χ0n) is 13.1. The molecule has 0 radical (unpaired) electrons. The summed E-state index contributed by atoms with van der Waals surface area (Å²) >= 11 is 0. The first-order chi connectivity index (χ1) is 9.65. The van der Waals surface area contributed by atoms with Crippen molar-refractivity contribution in [1.82, 2.24) is 10.2 Å². The van der Waals surface area contributed by atoms with Crippen molar-refractivity contribution in [3.8, 4) is 0 Å². The summed E-state index contributed by atoms with van der Waals surface area (Å²) in [6.45, 7) is 4.53. The lowest BCUT2D eigenvalue weighted by Crippen LogP contribution is -2.52. The lowest BCUT2D eigenvalue weighted by Gasteiger charge is -2.34. The van der Waals surface area contributed by atoms with Crippen molar-refractivity contribution in [3.63, 3.8) is 0 Å². The summed E-state index contributed by atoms with van der Waals surface area (Å²) in [7, 11) is 1.66. The quantitative estimate of drug-likeness (QED) is 0.765. The first-order valence-corrected chi connectivity index (χ1v) is 7.34. The third-order valence-electron chi connectivity index (χ3n) is 4.13. The minimum Gasteiger partial charge on any atom is -0.465 e. The highest BCUT2D eigenvalue weighted by Gasteiger charge is 2.48. The van der Waals surface area contributed by atoms with Gasteiger partial charge in [-0.2, -0.15) is 13.2 Å². The molecule has 1 N–H and O–H groups in total. The van der Waals surface area contributed by atoms with Gasteiger partial charge >= 0.3 is 12.1 Å². The average molecular weight is 310 g/mol. The fraction of sp³-hybridized carbons (Fsp3) is 0.929. The van der Waals surface area contributed by atoms with Crippen LogP contribution in [0.3, 0.4) is 0 Å². The minimum atomic E-state index is -4.24. The molecule has 0 aromatic carbocycles. The molecule has 4 nitrogen and oxygen atoms in total. The molecule has 124 valence electrons. The Labute approximate surface area is 124 Å². The van der Waals surface area contributed by atoms with E-state index in [0.717, 1.165) is 0 Å². The molecular formula is C14H25F3N2O2. The van der Waals surface area contributed by atoms with Crippen molar-refractivity contribution in [2.24, 2.45) is 0 Å². The number of nitrogens with one attached hydrogen (secondary N) is 1. The van der Waals surface area contributed by atoms with Crippen LogP contribution in [0.4, 0.5) is 13.2 Å². The van der Waals surface area contributed by atoms with Crippen LogP contribution in [-0.4, -0.2) is 54.9 Å². The molecule has 0 aromatic heterocycles. The topological polar surface area (TPSA) is 41.6 Å². The van der Waals surface area contributed by atoms with Crippen molar-refractivity contribution < 1.29 is 22.7 Å².